The molecule has 0 amide bonds. The summed E-state index contributed by atoms with van der Waals surface area (Å²) < 4.78 is 0. The lowest BCUT2D eigenvalue weighted by Crippen LogP contribution is -2.14. The van der Waals surface area contributed by atoms with Crippen molar-refractivity contribution < 1.29 is 0 Å². The van der Waals surface area contributed by atoms with E-state index in [0.29, 0.717) is 17.5 Å². The van der Waals surface area contributed by atoms with E-state index in [2.05, 4.69) is 198 Å². The van der Waals surface area contributed by atoms with Crippen LogP contribution in [-0.2, 0) is 10.8 Å². The Morgan fingerprint density at radius 3 is 0.933 bits per heavy atom. The van der Waals surface area contributed by atoms with Crippen molar-refractivity contribution in [2.45, 2.75) is 38.5 Å². The molecular formula is C57H43N3. The zero-order chi connectivity index (χ0) is 40.6. The summed E-state index contributed by atoms with van der Waals surface area (Å²) in [4.78, 5) is 15.1. The van der Waals surface area contributed by atoms with Gasteiger partial charge in [0.15, 0.2) is 17.5 Å². The molecule has 8 aromatic carbocycles. The second-order valence-corrected chi connectivity index (χ2v) is 17.3. The topological polar surface area (TPSA) is 38.7 Å². The molecule has 0 N–H and O–H groups in total. The average molecular weight is 770 g/mol. The first-order valence-electron chi connectivity index (χ1n) is 20.8. The van der Waals surface area contributed by atoms with Crippen molar-refractivity contribution >= 4 is 0 Å². The minimum atomic E-state index is -0.0468. The fraction of sp³-hybridized carbons (Fsp3) is 0.105. The van der Waals surface area contributed by atoms with Crippen LogP contribution in [-0.4, -0.2) is 15.0 Å². The van der Waals surface area contributed by atoms with E-state index in [-0.39, 0.29) is 10.8 Å². The van der Waals surface area contributed by atoms with Crippen molar-refractivity contribution in [2.75, 3.05) is 0 Å². The van der Waals surface area contributed by atoms with Crippen LogP contribution >= 0.6 is 0 Å². The number of hydrogen-bond acceptors (Lipinski definition) is 3. The molecule has 0 spiro atoms. The zero-order valence-corrected chi connectivity index (χ0v) is 34.2. The molecule has 0 radical (unpaired) electrons. The summed E-state index contributed by atoms with van der Waals surface area (Å²) in [5.41, 5.74) is 20.8. The molecule has 0 atom stereocenters. The molecule has 286 valence electrons. The summed E-state index contributed by atoms with van der Waals surface area (Å²) in [7, 11) is 0. The van der Waals surface area contributed by atoms with E-state index in [9.17, 15) is 0 Å². The Morgan fingerprint density at radius 1 is 0.250 bits per heavy atom. The van der Waals surface area contributed by atoms with E-state index in [1.807, 2.05) is 18.2 Å². The Hall–Kier alpha value is -7.23. The quantitative estimate of drug-likeness (QED) is 0.169. The average Bonchev–Trinajstić information content (AvgIpc) is 3.68. The minimum absolute atomic E-state index is 0.0234. The molecule has 1 heterocycles. The summed E-state index contributed by atoms with van der Waals surface area (Å²) in [5, 5.41) is 0. The predicted molar refractivity (Wildman–Crippen MR) is 248 cm³/mol. The van der Waals surface area contributed by atoms with Crippen LogP contribution in [0.5, 0.6) is 0 Å². The number of fused-ring (bicyclic) bond motifs is 6. The third-order valence-electron chi connectivity index (χ3n) is 13.0. The fourth-order valence-electron chi connectivity index (χ4n) is 9.60. The Bertz CT molecular complexity index is 3100. The number of aromatic nitrogens is 3. The number of benzene rings is 8. The van der Waals surface area contributed by atoms with E-state index in [1.54, 1.807) is 0 Å². The Morgan fingerprint density at radius 2 is 0.533 bits per heavy atom. The summed E-state index contributed by atoms with van der Waals surface area (Å²) >= 11 is 0. The maximum Gasteiger partial charge on any atom is 0.164 e. The first-order chi connectivity index (χ1) is 29.2. The van der Waals surface area contributed by atoms with Crippen molar-refractivity contribution in [1.82, 2.24) is 15.0 Å². The van der Waals surface area contributed by atoms with Gasteiger partial charge in [-0.2, -0.15) is 0 Å². The molecule has 0 fully saturated rings. The van der Waals surface area contributed by atoms with E-state index < -0.39 is 0 Å². The molecule has 9 aromatic rings. The number of nitrogens with zero attached hydrogens (tertiary/aromatic N) is 3. The lowest BCUT2D eigenvalue weighted by Gasteiger charge is -2.22. The largest absolute Gasteiger partial charge is 0.208 e. The lowest BCUT2D eigenvalue weighted by atomic mass is 9.81. The second-order valence-electron chi connectivity index (χ2n) is 17.3. The maximum atomic E-state index is 5.06. The van der Waals surface area contributed by atoms with E-state index in [1.165, 1.54) is 61.2 Å². The van der Waals surface area contributed by atoms with Crippen LogP contribution in [0.15, 0.2) is 188 Å². The third-order valence-corrected chi connectivity index (χ3v) is 13.0. The van der Waals surface area contributed by atoms with Gasteiger partial charge < -0.3 is 0 Å². The molecule has 0 aliphatic heterocycles. The van der Waals surface area contributed by atoms with Gasteiger partial charge in [0.25, 0.3) is 0 Å². The smallest absolute Gasteiger partial charge is 0.164 e. The molecule has 1 aromatic heterocycles. The monoisotopic (exact) mass is 769 g/mol. The zero-order valence-electron chi connectivity index (χ0n) is 34.2. The molecule has 0 saturated carbocycles. The van der Waals surface area contributed by atoms with Crippen LogP contribution in [0, 0.1) is 0 Å². The van der Waals surface area contributed by atoms with Gasteiger partial charge in [-0.25, -0.2) is 15.0 Å². The van der Waals surface area contributed by atoms with Crippen molar-refractivity contribution in [3.8, 4) is 89.8 Å². The van der Waals surface area contributed by atoms with Crippen molar-refractivity contribution in [3.63, 3.8) is 0 Å². The summed E-state index contributed by atoms with van der Waals surface area (Å²) in [6.45, 7) is 9.32. The molecule has 60 heavy (non-hydrogen) atoms. The molecular weight excluding hydrogens is 727 g/mol. The van der Waals surface area contributed by atoms with Crippen LogP contribution in [0.25, 0.3) is 89.8 Å². The SMILES string of the molecule is CC1(C)c2ccccc2-c2ccc(-c3ccc(-c4ccc(-c5nc(-c6ccccc6)nc(-c6ccc(-c7ccc8c(c7)C(C)(C)c7ccccc7-8)cc6)n5)cc4)cc3)cc21. The summed E-state index contributed by atoms with van der Waals surface area (Å²) in [6, 6.07) is 67.7. The summed E-state index contributed by atoms with van der Waals surface area (Å²) in [5.74, 6) is 1.94. The summed E-state index contributed by atoms with van der Waals surface area (Å²) in [6.07, 6.45) is 0. The van der Waals surface area contributed by atoms with Gasteiger partial charge in [-0.15, -0.1) is 0 Å². The van der Waals surface area contributed by atoms with Gasteiger partial charge in [-0.05, 0) is 90.0 Å². The minimum Gasteiger partial charge on any atom is -0.208 e. The van der Waals surface area contributed by atoms with E-state index in [4.69, 9.17) is 15.0 Å². The second kappa shape index (κ2) is 13.7. The molecule has 0 bridgehead atoms. The van der Waals surface area contributed by atoms with Crippen molar-refractivity contribution in [1.29, 1.82) is 0 Å². The molecule has 3 nitrogen and oxygen atoms in total. The first kappa shape index (κ1) is 35.9. The standard InChI is InChI=1S/C57H43N3/c1-56(2)49-16-10-8-14-45(49)47-32-30-43(34-51(47)56)38-20-18-36(19-21-38)37-22-26-41(27-23-37)54-58-53(40-12-6-5-7-13-40)59-55(60-54)42-28-24-39(25-29-42)44-31-33-48-46-15-9-11-17-50(46)57(3,4)52(48)35-44/h5-35H,1-4H3. The molecule has 0 saturated heterocycles. The van der Waals surface area contributed by atoms with Gasteiger partial charge in [0.1, 0.15) is 0 Å². The van der Waals surface area contributed by atoms with Crippen LogP contribution in [0.4, 0.5) is 0 Å². The maximum absolute atomic E-state index is 5.06. The lowest BCUT2D eigenvalue weighted by molar-refractivity contribution is 0.660. The highest BCUT2D eigenvalue weighted by Gasteiger charge is 2.36. The van der Waals surface area contributed by atoms with E-state index >= 15 is 0 Å². The van der Waals surface area contributed by atoms with E-state index in [0.717, 1.165) is 33.4 Å². The van der Waals surface area contributed by atoms with Crippen LogP contribution in [0.2, 0.25) is 0 Å². The van der Waals surface area contributed by atoms with Gasteiger partial charge in [0.2, 0.25) is 0 Å². The molecule has 2 aliphatic rings. The Kier molecular flexibility index (Phi) is 8.18. The van der Waals surface area contributed by atoms with Crippen LogP contribution in [0.3, 0.4) is 0 Å². The van der Waals surface area contributed by atoms with Gasteiger partial charge in [0, 0.05) is 27.5 Å². The molecule has 0 unspecified atom stereocenters. The van der Waals surface area contributed by atoms with Gasteiger partial charge in [-0.1, -0.05) is 204 Å². The normalized spacial score (nSPS) is 13.9. The van der Waals surface area contributed by atoms with Gasteiger partial charge in [0.05, 0.1) is 0 Å². The van der Waals surface area contributed by atoms with Crippen molar-refractivity contribution in [3.05, 3.63) is 210 Å². The van der Waals surface area contributed by atoms with Gasteiger partial charge >= 0.3 is 0 Å². The van der Waals surface area contributed by atoms with Gasteiger partial charge in [-0.3, -0.25) is 0 Å². The molecule has 11 rings (SSSR count). The molecule has 3 heteroatoms. The Balaban J connectivity index is 0.877. The molecule has 2 aliphatic carbocycles. The highest BCUT2D eigenvalue weighted by atomic mass is 15.0. The highest BCUT2D eigenvalue weighted by Crippen LogP contribution is 2.51. The third kappa shape index (κ3) is 5.84. The fourth-order valence-corrected chi connectivity index (χ4v) is 9.60. The first-order valence-corrected chi connectivity index (χ1v) is 20.8. The number of rotatable bonds is 6. The Labute approximate surface area is 352 Å². The highest BCUT2D eigenvalue weighted by molar-refractivity contribution is 5.85. The van der Waals surface area contributed by atoms with Crippen LogP contribution < -0.4 is 0 Å². The predicted octanol–water partition coefficient (Wildman–Crippen LogP) is 14.5. The van der Waals surface area contributed by atoms with Crippen LogP contribution in [0.1, 0.15) is 49.9 Å². The van der Waals surface area contributed by atoms with Crippen molar-refractivity contribution in [2.24, 2.45) is 0 Å². The number of hydrogen-bond donors (Lipinski definition) is 0.